The fraction of sp³-hybridized carbons (Fsp3) is 0.833. The third-order valence-corrected chi connectivity index (χ3v) is 3.60. The standard InChI is InChI=1S/C12H22O4S/c1-3-5-6-9-17(15)10-11(13)7-8-12(14)16-4-2/h3-10H2,1-2H3. The third-order valence-electron chi connectivity index (χ3n) is 2.21. The fourth-order valence-corrected chi connectivity index (χ4v) is 2.49. The van der Waals surface area contributed by atoms with Crippen LogP contribution in [0.3, 0.4) is 0 Å². The van der Waals surface area contributed by atoms with Gasteiger partial charge in [0.05, 0.1) is 18.8 Å². The Kier molecular flexibility index (Phi) is 10.0. The number of hydrogen-bond donors (Lipinski definition) is 0. The number of hydrogen-bond acceptors (Lipinski definition) is 4. The van der Waals surface area contributed by atoms with Crippen molar-refractivity contribution in [1.29, 1.82) is 0 Å². The van der Waals surface area contributed by atoms with Crippen LogP contribution in [0.5, 0.6) is 0 Å². The summed E-state index contributed by atoms with van der Waals surface area (Å²) >= 11 is 0. The number of carbonyl (C=O) groups excluding carboxylic acids is 2. The van der Waals surface area contributed by atoms with Gasteiger partial charge in [-0.3, -0.25) is 13.8 Å². The molecule has 5 heteroatoms. The lowest BCUT2D eigenvalue weighted by Crippen LogP contribution is -2.15. The van der Waals surface area contributed by atoms with E-state index >= 15 is 0 Å². The quantitative estimate of drug-likeness (QED) is 0.445. The molecule has 0 N–H and O–H groups in total. The minimum atomic E-state index is -1.07. The highest BCUT2D eigenvalue weighted by Crippen LogP contribution is 2.00. The molecule has 1 atom stereocenters. The van der Waals surface area contributed by atoms with Gasteiger partial charge in [-0.15, -0.1) is 0 Å². The van der Waals surface area contributed by atoms with Gasteiger partial charge >= 0.3 is 5.97 Å². The van der Waals surface area contributed by atoms with Crippen molar-refractivity contribution in [3.8, 4) is 0 Å². The molecule has 4 nitrogen and oxygen atoms in total. The minimum absolute atomic E-state index is 0.0725. The summed E-state index contributed by atoms with van der Waals surface area (Å²) in [6.45, 7) is 4.13. The molecule has 0 aromatic carbocycles. The van der Waals surface area contributed by atoms with E-state index in [1.165, 1.54) is 0 Å². The number of rotatable bonds is 10. The highest BCUT2D eigenvalue weighted by Gasteiger charge is 2.10. The molecule has 0 saturated carbocycles. The second-order valence-corrected chi connectivity index (χ2v) is 5.42. The van der Waals surface area contributed by atoms with Crippen LogP contribution in [0.25, 0.3) is 0 Å². The first-order valence-corrected chi connectivity index (χ1v) is 7.61. The molecule has 17 heavy (non-hydrogen) atoms. The van der Waals surface area contributed by atoms with Crippen LogP contribution in [0.1, 0.15) is 46.0 Å². The molecule has 1 unspecified atom stereocenters. The summed E-state index contributed by atoms with van der Waals surface area (Å²) in [4.78, 5) is 22.4. The van der Waals surface area contributed by atoms with Gasteiger partial charge in [0.25, 0.3) is 0 Å². The number of ketones is 1. The van der Waals surface area contributed by atoms with Crippen LogP contribution in [0.2, 0.25) is 0 Å². The highest BCUT2D eigenvalue weighted by atomic mass is 32.2. The van der Waals surface area contributed by atoms with Crippen molar-refractivity contribution < 1.29 is 18.5 Å². The van der Waals surface area contributed by atoms with Crippen molar-refractivity contribution in [2.45, 2.75) is 46.0 Å². The second-order valence-electron chi connectivity index (χ2n) is 3.84. The van der Waals surface area contributed by atoms with Gasteiger partial charge in [-0.2, -0.15) is 0 Å². The van der Waals surface area contributed by atoms with Crippen LogP contribution in [0.4, 0.5) is 0 Å². The van der Waals surface area contributed by atoms with E-state index in [2.05, 4.69) is 6.92 Å². The topological polar surface area (TPSA) is 60.4 Å². The van der Waals surface area contributed by atoms with E-state index in [0.717, 1.165) is 19.3 Å². The van der Waals surface area contributed by atoms with Crippen LogP contribution in [0.15, 0.2) is 0 Å². The Morgan fingerprint density at radius 1 is 1.12 bits per heavy atom. The number of esters is 1. The maximum Gasteiger partial charge on any atom is 0.306 e. The van der Waals surface area contributed by atoms with Crippen molar-refractivity contribution in [1.82, 2.24) is 0 Å². The van der Waals surface area contributed by atoms with E-state index < -0.39 is 10.8 Å². The Morgan fingerprint density at radius 2 is 1.82 bits per heavy atom. The predicted molar refractivity (Wildman–Crippen MR) is 68.3 cm³/mol. The number of carbonyl (C=O) groups is 2. The van der Waals surface area contributed by atoms with Crippen molar-refractivity contribution >= 4 is 22.6 Å². The molecule has 0 aliphatic heterocycles. The van der Waals surface area contributed by atoms with Crippen molar-refractivity contribution in [2.75, 3.05) is 18.1 Å². The molecule has 0 aliphatic rings. The average Bonchev–Trinajstić information content (AvgIpc) is 2.27. The van der Waals surface area contributed by atoms with Gasteiger partial charge < -0.3 is 4.74 Å². The lowest BCUT2D eigenvalue weighted by molar-refractivity contribution is -0.144. The zero-order valence-electron chi connectivity index (χ0n) is 10.7. The van der Waals surface area contributed by atoms with Gasteiger partial charge in [0.2, 0.25) is 0 Å². The van der Waals surface area contributed by atoms with Crippen molar-refractivity contribution in [2.24, 2.45) is 0 Å². The number of ether oxygens (including phenoxy) is 1. The molecule has 0 rings (SSSR count). The summed E-state index contributed by atoms with van der Waals surface area (Å²) in [5.41, 5.74) is 0. The molecule has 0 bridgehead atoms. The zero-order chi connectivity index (χ0) is 13.1. The van der Waals surface area contributed by atoms with Crippen molar-refractivity contribution in [3.63, 3.8) is 0 Å². The summed E-state index contributed by atoms with van der Waals surface area (Å²) < 4.78 is 16.2. The molecule has 0 heterocycles. The first-order chi connectivity index (χ1) is 8.10. The van der Waals surface area contributed by atoms with Crippen molar-refractivity contribution in [3.05, 3.63) is 0 Å². The molecule has 0 fully saturated rings. The van der Waals surface area contributed by atoms with Gasteiger partial charge in [-0.1, -0.05) is 19.8 Å². The van der Waals surface area contributed by atoms with Crippen LogP contribution >= 0.6 is 0 Å². The average molecular weight is 262 g/mol. The number of Topliss-reactive ketones (excluding diaryl/α,β-unsaturated/α-hetero) is 1. The van der Waals surface area contributed by atoms with Crippen LogP contribution in [-0.4, -0.2) is 34.1 Å². The minimum Gasteiger partial charge on any atom is -0.466 e. The van der Waals surface area contributed by atoms with E-state index in [0.29, 0.717) is 12.4 Å². The maximum absolute atomic E-state index is 11.5. The highest BCUT2D eigenvalue weighted by molar-refractivity contribution is 7.85. The molecule has 0 radical (unpaired) electrons. The monoisotopic (exact) mass is 262 g/mol. The van der Waals surface area contributed by atoms with Crippen LogP contribution in [0, 0.1) is 0 Å². The Labute approximate surface area is 106 Å². The molecular weight excluding hydrogens is 240 g/mol. The lowest BCUT2D eigenvalue weighted by Gasteiger charge is -2.02. The van der Waals surface area contributed by atoms with Gasteiger partial charge in [-0.05, 0) is 13.3 Å². The van der Waals surface area contributed by atoms with E-state index in [-0.39, 0.29) is 30.3 Å². The normalized spacial score (nSPS) is 12.1. The fourth-order valence-electron chi connectivity index (χ4n) is 1.31. The summed E-state index contributed by atoms with van der Waals surface area (Å²) in [5.74, 6) is 0.174. The first kappa shape index (κ1) is 16.3. The SMILES string of the molecule is CCCCCS(=O)CC(=O)CCC(=O)OCC. The molecular formula is C12H22O4S. The summed E-state index contributed by atoms with van der Waals surface area (Å²) in [6, 6.07) is 0. The molecule has 0 spiro atoms. The summed E-state index contributed by atoms with van der Waals surface area (Å²) in [7, 11) is -1.07. The molecule has 0 aliphatic carbocycles. The second kappa shape index (κ2) is 10.4. The smallest absolute Gasteiger partial charge is 0.306 e. The lowest BCUT2D eigenvalue weighted by atomic mass is 10.2. The zero-order valence-corrected chi connectivity index (χ0v) is 11.5. The molecule has 0 aromatic heterocycles. The maximum atomic E-state index is 11.5. The van der Waals surface area contributed by atoms with E-state index in [9.17, 15) is 13.8 Å². The summed E-state index contributed by atoms with van der Waals surface area (Å²) in [6.07, 6.45) is 3.25. The number of unbranched alkanes of at least 4 members (excludes halogenated alkanes) is 2. The predicted octanol–water partition coefficient (Wildman–Crippen LogP) is 1.84. The van der Waals surface area contributed by atoms with E-state index in [1.807, 2.05) is 0 Å². The first-order valence-electron chi connectivity index (χ1n) is 6.12. The van der Waals surface area contributed by atoms with Gasteiger partial charge in [-0.25, -0.2) is 0 Å². The molecule has 0 aromatic rings. The third kappa shape index (κ3) is 10.2. The Morgan fingerprint density at radius 3 is 2.41 bits per heavy atom. The largest absolute Gasteiger partial charge is 0.466 e. The van der Waals surface area contributed by atoms with Crippen LogP contribution < -0.4 is 0 Å². The Hall–Kier alpha value is -0.710. The Bertz CT molecular complexity index is 263. The van der Waals surface area contributed by atoms with Gasteiger partial charge in [0, 0.05) is 23.0 Å². The Balaban J connectivity index is 3.64. The van der Waals surface area contributed by atoms with E-state index in [1.54, 1.807) is 6.92 Å². The molecule has 0 saturated heterocycles. The summed E-state index contributed by atoms with van der Waals surface area (Å²) in [5, 5.41) is 0. The van der Waals surface area contributed by atoms with Gasteiger partial charge in [0.1, 0.15) is 5.78 Å². The molecule has 100 valence electrons. The van der Waals surface area contributed by atoms with Crippen LogP contribution in [-0.2, 0) is 25.1 Å². The van der Waals surface area contributed by atoms with E-state index in [4.69, 9.17) is 4.74 Å². The molecule has 0 amide bonds. The van der Waals surface area contributed by atoms with Gasteiger partial charge in [0.15, 0.2) is 0 Å².